The van der Waals surface area contributed by atoms with Crippen molar-refractivity contribution in [1.29, 1.82) is 5.41 Å². The predicted molar refractivity (Wildman–Crippen MR) is 45.0 cm³/mol. The normalized spacial score (nSPS) is 24.2. The molecule has 1 atom stereocenters. The van der Waals surface area contributed by atoms with Crippen LogP contribution in [0.1, 0.15) is 19.8 Å². The zero-order valence-electron chi connectivity index (χ0n) is 7.26. The first-order valence-electron chi connectivity index (χ1n) is 4.06. The average molecular weight is 156 g/mol. The van der Waals surface area contributed by atoms with E-state index in [-0.39, 0.29) is 0 Å². The van der Waals surface area contributed by atoms with Crippen LogP contribution in [0.25, 0.3) is 0 Å². The highest BCUT2D eigenvalue weighted by atomic mass is 16.5. The molecule has 11 heavy (non-hydrogen) atoms. The molecule has 1 saturated heterocycles. The van der Waals surface area contributed by atoms with Crippen LogP contribution in [0.2, 0.25) is 0 Å². The van der Waals surface area contributed by atoms with Crippen LogP contribution in [0, 0.1) is 5.41 Å². The van der Waals surface area contributed by atoms with E-state index in [0.29, 0.717) is 11.9 Å². The Hall–Kier alpha value is -0.570. The second-order valence-electron chi connectivity index (χ2n) is 3.03. The molecular formula is C8H16N2O. The van der Waals surface area contributed by atoms with Crippen LogP contribution in [0.5, 0.6) is 0 Å². The van der Waals surface area contributed by atoms with E-state index in [1.54, 1.807) is 7.11 Å². The summed E-state index contributed by atoms with van der Waals surface area (Å²) in [4.78, 5) is 2.11. The van der Waals surface area contributed by atoms with E-state index in [1.807, 2.05) is 6.92 Å². The fraction of sp³-hybridized carbons (Fsp3) is 0.875. The average Bonchev–Trinajstić information content (AvgIpc) is 2.36. The lowest BCUT2D eigenvalue weighted by Crippen LogP contribution is -2.36. The van der Waals surface area contributed by atoms with E-state index in [0.717, 1.165) is 13.2 Å². The van der Waals surface area contributed by atoms with E-state index in [4.69, 9.17) is 10.1 Å². The minimum absolute atomic E-state index is 0.456. The van der Waals surface area contributed by atoms with Gasteiger partial charge in [0.05, 0.1) is 18.5 Å². The first-order chi connectivity index (χ1) is 5.25. The zero-order valence-corrected chi connectivity index (χ0v) is 7.26. The highest BCUT2D eigenvalue weighted by molar-refractivity contribution is 5.76. The Morgan fingerprint density at radius 3 is 3.00 bits per heavy atom. The largest absolute Gasteiger partial charge is 0.383 e. The molecule has 1 heterocycles. The molecule has 0 unspecified atom stereocenters. The van der Waals surface area contributed by atoms with Crippen LogP contribution in [-0.2, 0) is 4.74 Å². The van der Waals surface area contributed by atoms with Crippen molar-refractivity contribution in [2.24, 2.45) is 0 Å². The molecule has 0 aromatic carbocycles. The van der Waals surface area contributed by atoms with Crippen molar-refractivity contribution in [2.45, 2.75) is 25.8 Å². The minimum Gasteiger partial charge on any atom is -0.383 e. The summed E-state index contributed by atoms with van der Waals surface area (Å²) in [5.74, 6) is 0.671. The molecule has 0 aromatic rings. The quantitative estimate of drug-likeness (QED) is 0.480. The topological polar surface area (TPSA) is 36.3 Å². The van der Waals surface area contributed by atoms with E-state index in [1.165, 1.54) is 12.8 Å². The monoisotopic (exact) mass is 156 g/mol. The van der Waals surface area contributed by atoms with E-state index < -0.39 is 0 Å². The van der Waals surface area contributed by atoms with Gasteiger partial charge in [-0.25, -0.2) is 0 Å². The van der Waals surface area contributed by atoms with Gasteiger partial charge in [-0.3, -0.25) is 5.41 Å². The third kappa shape index (κ3) is 1.93. The van der Waals surface area contributed by atoms with Gasteiger partial charge in [-0.05, 0) is 19.8 Å². The van der Waals surface area contributed by atoms with E-state index in [9.17, 15) is 0 Å². The Kier molecular flexibility index (Phi) is 2.88. The van der Waals surface area contributed by atoms with Crippen LogP contribution >= 0.6 is 0 Å². The van der Waals surface area contributed by atoms with Crippen molar-refractivity contribution in [3.8, 4) is 0 Å². The summed E-state index contributed by atoms with van der Waals surface area (Å²) in [5.41, 5.74) is 0. The molecule has 0 bridgehead atoms. The molecule has 0 saturated carbocycles. The number of hydrogen-bond donors (Lipinski definition) is 1. The summed E-state index contributed by atoms with van der Waals surface area (Å²) in [5, 5.41) is 7.47. The Balaban J connectivity index is 2.44. The molecule has 0 aromatic heterocycles. The molecule has 1 rings (SSSR count). The van der Waals surface area contributed by atoms with E-state index >= 15 is 0 Å². The number of nitrogens with one attached hydrogen (secondary N) is 1. The third-order valence-corrected chi connectivity index (χ3v) is 2.17. The summed E-state index contributed by atoms with van der Waals surface area (Å²) < 4.78 is 5.07. The Morgan fingerprint density at radius 1 is 1.73 bits per heavy atom. The molecule has 0 radical (unpaired) electrons. The summed E-state index contributed by atoms with van der Waals surface area (Å²) in [7, 11) is 1.72. The standard InChI is InChI=1S/C8H16N2O/c1-7(9)10-5-3-4-8(10)6-11-2/h8-9H,3-6H2,1-2H3/t8-/m0/s1. The zero-order chi connectivity index (χ0) is 8.27. The van der Waals surface area contributed by atoms with Gasteiger partial charge in [0.25, 0.3) is 0 Å². The molecule has 1 fully saturated rings. The maximum Gasteiger partial charge on any atom is 0.0929 e. The minimum atomic E-state index is 0.456. The summed E-state index contributed by atoms with van der Waals surface area (Å²) in [6, 6.07) is 0.456. The highest BCUT2D eigenvalue weighted by Gasteiger charge is 2.24. The van der Waals surface area contributed by atoms with Crippen molar-refractivity contribution in [1.82, 2.24) is 4.90 Å². The number of amidine groups is 1. The van der Waals surface area contributed by atoms with E-state index in [2.05, 4.69) is 4.90 Å². The second-order valence-corrected chi connectivity index (χ2v) is 3.03. The summed E-state index contributed by atoms with van der Waals surface area (Å²) in [6.07, 6.45) is 2.37. The fourth-order valence-corrected chi connectivity index (χ4v) is 1.64. The summed E-state index contributed by atoms with van der Waals surface area (Å²) >= 11 is 0. The Labute approximate surface area is 67.8 Å². The highest BCUT2D eigenvalue weighted by Crippen LogP contribution is 2.16. The third-order valence-electron chi connectivity index (χ3n) is 2.17. The molecule has 1 aliphatic heterocycles. The van der Waals surface area contributed by atoms with Gasteiger partial charge in [-0.15, -0.1) is 0 Å². The first kappa shape index (κ1) is 8.53. The van der Waals surface area contributed by atoms with Crippen LogP contribution in [0.4, 0.5) is 0 Å². The van der Waals surface area contributed by atoms with Crippen LogP contribution in [0.15, 0.2) is 0 Å². The van der Waals surface area contributed by atoms with Gasteiger partial charge >= 0.3 is 0 Å². The van der Waals surface area contributed by atoms with Gasteiger partial charge in [0.1, 0.15) is 0 Å². The summed E-state index contributed by atoms with van der Waals surface area (Å²) in [6.45, 7) is 3.63. The maximum atomic E-state index is 7.47. The van der Waals surface area contributed by atoms with Gasteiger partial charge in [-0.1, -0.05) is 0 Å². The van der Waals surface area contributed by atoms with Crippen LogP contribution in [0.3, 0.4) is 0 Å². The number of likely N-dealkylation sites (tertiary alicyclic amines) is 1. The number of ether oxygens (including phenoxy) is 1. The first-order valence-corrected chi connectivity index (χ1v) is 4.06. The number of nitrogens with zero attached hydrogens (tertiary/aromatic N) is 1. The SMILES string of the molecule is COC[C@@H]1CCCN1C(C)=N. The number of methoxy groups -OCH3 is 1. The lowest BCUT2D eigenvalue weighted by Gasteiger charge is -2.24. The van der Waals surface area contributed by atoms with Crippen LogP contribution < -0.4 is 0 Å². The number of hydrogen-bond acceptors (Lipinski definition) is 2. The Bertz CT molecular complexity index is 147. The lowest BCUT2D eigenvalue weighted by atomic mass is 10.2. The van der Waals surface area contributed by atoms with Gasteiger partial charge in [0.15, 0.2) is 0 Å². The van der Waals surface area contributed by atoms with Gasteiger partial charge in [0.2, 0.25) is 0 Å². The van der Waals surface area contributed by atoms with Gasteiger partial charge in [-0.2, -0.15) is 0 Å². The van der Waals surface area contributed by atoms with Gasteiger partial charge in [0, 0.05) is 13.7 Å². The fourth-order valence-electron chi connectivity index (χ4n) is 1.64. The lowest BCUT2D eigenvalue weighted by molar-refractivity contribution is 0.145. The molecule has 0 aliphatic carbocycles. The predicted octanol–water partition coefficient (Wildman–Crippen LogP) is 1.09. The smallest absolute Gasteiger partial charge is 0.0929 e. The molecule has 0 amide bonds. The molecule has 64 valence electrons. The van der Waals surface area contributed by atoms with Crippen LogP contribution in [-0.4, -0.2) is 37.0 Å². The molecule has 0 spiro atoms. The number of rotatable bonds is 2. The van der Waals surface area contributed by atoms with Crippen molar-refractivity contribution in [3.63, 3.8) is 0 Å². The maximum absolute atomic E-state index is 7.47. The molecule has 3 nitrogen and oxygen atoms in total. The Morgan fingerprint density at radius 2 is 2.45 bits per heavy atom. The van der Waals surface area contributed by atoms with Crippen molar-refractivity contribution in [2.75, 3.05) is 20.3 Å². The second kappa shape index (κ2) is 3.72. The molecule has 3 heteroatoms. The van der Waals surface area contributed by atoms with Crippen molar-refractivity contribution in [3.05, 3.63) is 0 Å². The van der Waals surface area contributed by atoms with Gasteiger partial charge < -0.3 is 9.64 Å². The molecule has 1 N–H and O–H groups in total. The van der Waals surface area contributed by atoms with Crippen molar-refractivity contribution < 1.29 is 4.74 Å². The molecule has 1 aliphatic rings. The molecular weight excluding hydrogens is 140 g/mol. The van der Waals surface area contributed by atoms with Crippen molar-refractivity contribution >= 4 is 5.84 Å².